The number of hydrogen-bond acceptors (Lipinski definition) is 3. The highest BCUT2D eigenvalue weighted by atomic mass is 16.5. The van der Waals surface area contributed by atoms with Crippen LogP contribution in [0.25, 0.3) is 22.4 Å². The number of imidazole rings is 1. The second-order valence-electron chi connectivity index (χ2n) is 6.83. The van der Waals surface area contributed by atoms with Crippen molar-refractivity contribution in [3.8, 4) is 11.4 Å². The van der Waals surface area contributed by atoms with Gasteiger partial charge in [-0.1, -0.05) is 19.1 Å². The van der Waals surface area contributed by atoms with Crippen molar-refractivity contribution < 1.29 is 9.53 Å². The van der Waals surface area contributed by atoms with Crippen LogP contribution in [0.2, 0.25) is 0 Å². The van der Waals surface area contributed by atoms with Crippen molar-refractivity contribution in [3.05, 3.63) is 35.5 Å². The van der Waals surface area contributed by atoms with E-state index in [1.807, 2.05) is 31.2 Å². The van der Waals surface area contributed by atoms with E-state index < -0.39 is 0 Å². The number of rotatable bonds is 8. The summed E-state index contributed by atoms with van der Waals surface area (Å²) in [5, 5.41) is 3.13. The summed E-state index contributed by atoms with van der Waals surface area (Å²) in [7, 11) is 1.71. The number of H-pyrrole nitrogens is 1. The number of carbonyl (C=O) groups is 1. The maximum atomic E-state index is 12.4. The maximum Gasteiger partial charge on any atom is 0.225 e. The Labute approximate surface area is 159 Å². The molecule has 2 aromatic heterocycles. The topological polar surface area (TPSA) is 71.9 Å². The molecule has 2 heterocycles. The normalized spacial score (nSPS) is 11.3. The molecule has 0 saturated heterocycles. The van der Waals surface area contributed by atoms with Crippen LogP contribution in [0.15, 0.2) is 24.3 Å². The molecule has 0 aliphatic carbocycles. The lowest BCUT2D eigenvalue weighted by atomic mass is 10.1. The number of nitrogens with one attached hydrogen (secondary N) is 2. The predicted molar refractivity (Wildman–Crippen MR) is 109 cm³/mol. The smallest absolute Gasteiger partial charge is 0.225 e. The van der Waals surface area contributed by atoms with Gasteiger partial charge in [0.15, 0.2) is 0 Å². The number of para-hydroxylation sites is 2. The highest BCUT2D eigenvalue weighted by Crippen LogP contribution is 2.36. The highest BCUT2D eigenvalue weighted by molar-refractivity contribution is 5.95. The average Bonchev–Trinajstić information content (AvgIpc) is 3.16. The Bertz CT molecular complexity index is 906. The van der Waals surface area contributed by atoms with Gasteiger partial charge >= 0.3 is 0 Å². The number of fused-ring (bicyclic) bond motifs is 1. The first-order valence-corrected chi connectivity index (χ1v) is 9.50. The van der Waals surface area contributed by atoms with E-state index in [1.54, 1.807) is 7.11 Å². The van der Waals surface area contributed by atoms with E-state index in [0.717, 1.165) is 58.9 Å². The SMILES string of the molecule is CCCC(=O)Nc1c(-c2nc3ccccc3[nH]2)c(C)c(C)n1CCCOC. The number of ether oxygens (including phenoxy) is 1. The summed E-state index contributed by atoms with van der Waals surface area (Å²) in [5.41, 5.74) is 5.13. The molecule has 6 nitrogen and oxygen atoms in total. The van der Waals surface area contributed by atoms with Gasteiger partial charge in [0.05, 0.1) is 16.6 Å². The molecule has 6 heteroatoms. The minimum atomic E-state index is 0.0281. The van der Waals surface area contributed by atoms with E-state index in [9.17, 15) is 4.79 Å². The minimum Gasteiger partial charge on any atom is -0.385 e. The number of aromatic amines is 1. The molecule has 0 unspecified atom stereocenters. The van der Waals surface area contributed by atoms with Crippen molar-refractivity contribution in [2.45, 2.75) is 46.6 Å². The monoisotopic (exact) mass is 368 g/mol. The third-order valence-corrected chi connectivity index (χ3v) is 4.92. The zero-order chi connectivity index (χ0) is 19.4. The number of aromatic nitrogens is 3. The molecule has 0 aliphatic rings. The van der Waals surface area contributed by atoms with Gasteiger partial charge in [0.25, 0.3) is 0 Å². The number of anilines is 1. The van der Waals surface area contributed by atoms with Crippen LogP contribution in [0.1, 0.15) is 37.4 Å². The molecule has 2 N–H and O–H groups in total. The lowest BCUT2D eigenvalue weighted by Crippen LogP contribution is -2.16. The second-order valence-corrected chi connectivity index (χ2v) is 6.83. The van der Waals surface area contributed by atoms with Crippen LogP contribution >= 0.6 is 0 Å². The van der Waals surface area contributed by atoms with Gasteiger partial charge in [0.1, 0.15) is 11.6 Å². The first kappa shape index (κ1) is 19.2. The predicted octanol–water partition coefficient (Wildman–Crippen LogP) is 4.42. The number of methoxy groups -OCH3 is 1. The quantitative estimate of drug-likeness (QED) is 0.578. The molecule has 3 aromatic rings. The van der Waals surface area contributed by atoms with E-state index in [4.69, 9.17) is 9.72 Å². The Hall–Kier alpha value is -2.60. The van der Waals surface area contributed by atoms with E-state index in [1.165, 1.54) is 0 Å². The number of benzene rings is 1. The molecule has 0 bridgehead atoms. The summed E-state index contributed by atoms with van der Waals surface area (Å²) in [6.07, 6.45) is 2.19. The summed E-state index contributed by atoms with van der Waals surface area (Å²) in [6, 6.07) is 7.97. The van der Waals surface area contributed by atoms with Gasteiger partial charge in [0, 0.05) is 32.4 Å². The largest absolute Gasteiger partial charge is 0.385 e. The third-order valence-electron chi connectivity index (χ3n) is 4.92. The Balaban J connectivity index is 2.09. The van der Waals surface area contributed by atoms with Crippen LogP contribution in [-0.2, 0) is 16.1 Å². The zero-order valence-corrected chi connectivity index (χ0v) is 16.6. The molecular weight excluding hydrogens is 340 g/mol. The first-order chi connectivity index (χ1) is 13.1. The van der Waals surface area contributed by atoms with Crippen molar-refractivity contribution in [1.29, 1.82) is 0 Å². The Morgan fingerprint density at radius 3 is 2.78 bits per heavy atom. The number of carbonyl (C=O) groups excluding carboxylic acids is 1. The van der Waals surface area contributed by atoms with E-state index in [2.05, 4.69) is 28.7 Å². The van der Waals surface area contributed by atoms with Crippen molar-refractivity contribution in [2.24, 2.45) is 0 Å². The van der Waals surface area contributed by atoms with Crippen LogP contribution in [0.4, 0.5) is 5.82 Å². The molecule has 0 saturated carbocycles. The standard InChI is InChI=1S/C21H28N4O2/c1-5-9-18(26)24-21-19(14(2)15(3)25(21)12-8-13-27-4)20-22-16-10-6-7-11-17(16)23-20/h6-7,10-11H,5,8-9,12-13H2,1-4H3,(H,22,23)(H,24,26). The summed E-state index contributed by atoms with van der Waals surface area (Å²) in [6.45, 7) is 7.64. The molecule has 27 heavy (non-hydrogen) atoms. The third kappa shape index (κ3) is 3.90. The van der Waals surface area contributed by atoms with Gasteiger partial charge < -0.3 is 19.6 Å². The van der Waals surface area contributed by atoms with E-state index in [0.29, 0.717) is 13.0 Å². The Morgan fingerprint density at radius 1 is 1.30 bits per heavy atom. The van der Waals surface area contributed by atoms with Crippen molar-refractivity contribution >= 4 is 22.8 Å². The lowest BCUT2D eigenvalue weighted by Gasteiger charge is -2.13. The first-order valence-electron chi connectivity index (χ1n) is 9.50. The summed E-state index contributed by atoms with van der Waals surface area (Å²) in [4.78, 5) is 20.6. The fraction of sp³-hybridized carbons (Fsp3) is 0.429. The van der Waals surface area contributed by atoms with Crippen LogP contribution in [0.5, 0.6) is 0 Å². The molecule has 1 amide bonds. The zero-order valence-electron chi connectivity index (χ0n) is 16.6. The van der Waals surface area contributed by atoms with Crippen LogP contribution < -0.4 is 5.32 Å². The molecule has 0 aliphatic heterocycles. The van der Waals surface area contributed by atoms with Crippen LogP contribution in [-0.4, -0.2) is 34.2 Å². The van der Waals surface area contributed by atoms with Crippen molar-refractivity contribution in [1.82, 2.24) is 14.5 Å². The van der Waals surface area contributed by atoms with Gasteiger partial charge in [-0.3, -0.25) is 4.79 Å². The molecule has 0 spiro atoms. The molecule has 0 atom stereocenters. The molecular formula is C21H28N4O2. The van der Waals surface area contributed by atoms with Gasteiger partial charge in [-0.25, -0.2) is 4.98 Å². The molecule has 0 fully saturated rings. The second kappa shape index (κ2) is 8.39. The highest BCUT2D eigenvalue weighted by Gasteiger charge is 2.22. The van der Waals surface area contributed by atoms with Crippen LogP contribution in [0.3, 0.4) is 0 Å². The molecule has 1 aromatic carbocycles. The minimum absolute atomic E-state index is 0.0281. The van der Waals surface area contributed by atoms with Crippen molar-refractivity contribution in [2.75, 3.05) is 19.0 Å². The number of amides is 1. The van der Waals surface area contributed by atoms with Crippen molar-refractivity contribution in [3.63, 3.8) is 0 Å². The van der Waals surface area contributed by atoms with Gasteiger partial charge in [0.2, 0.25) is 5.91 Å². The summed E-state index contributed by atoms with van der Waals surface area (Å²) in [5.74, 6) is 1.63. The summed E-state index contributed by atoms with van der Waals surface area (Å²) >= 11 is 0. The van der Waals surface area contributed by atoms with Crippen LogP contribution in [0, 0.1) is 13.8 Å². The number of nitrogens with zero attached hydrogens (tertiary/aromatic N) is 2. The van der Waals surface area contributed by atoms with Gasteiger partial charge in [-0.05, 0) is 44.4 Å². The van der Waals surface area contributed by atoms with E-state index >= 15 is 0 Å². The fourth-order valence-corrected chi connectivity index (χ4v) is 3.42. The fourth-order valence-electron chi connectivity index (χ4n) is 3.42. The number of hydrogen-bond donors (Lipinski definition) is 2. The van der Waals surface area contributed by atoms with E-state index in [-0.39, 0.29) is 5.91 Å². The molecule has 144 valence electrons. The summed E-state index contributed by atoms with van der Waals surface area (Å²) < 4.78 is 7.38. The maximum absolute atomic E-state index is 12.4. The average molecular weight is 368 g/mol. The molecule has 0 radical (unpaired) electrons. The lowest BCUT2D eigenvalue weighted by molar-refractivity contribution is -0.116. The van der Waals surface area contributed by atoms with Gasteiger partial charge in [-0.15, -0.1) is 0 Å². The Morgan fingerprint density at radius 2 is 2.07 bits per heavy atom. The Kier molecular flexibility index (Phi) is 5.96. The van der Waals surface area contributed by atoms with Gasteiger partial charge in [-0.2, -0.15) is 0 Å². The molecule has 3 rings (SSSR count).